The molecule has 0 aliphatic rings. The van der Waals surface area contributed by atoms with Crippen LogP contribution in [0.3, 0.4) is 0 Å². The Bertz CT molecular complexity index is 1860. The van der Waals surface area contributed by atoms with Gasteiger partial charge in [0.05, 0.1) is 17.3 Å². The van der Waals surface area contributed by atoms with E-state index in [0.29, 0.717) is 0 Å². The molecule has 0 atom stereocenters. The van der Waals surface area contributed by atoms with Gasteiger partial charge in [0.15, 0.2) is 5.58 Å². The van der Waals surface area contributed by atoms with E-state index in [4.69, 9.17) is 4.42 Å². The fraction of sp³-hybridized carbons (Fsp3) is 0. The van der Waals surface area contributed by atoms with E-state index in [2.05, 4.69) is 119 Å². The minimum absolute atomic E-state index is 0.785. The van der Waals surface area contributed by atoms with Crippen molar-refractivity contribution in [3.8, 4) is 22.3 Å². The number of pyridine rings is 1. The predicted octanol–water partition coefficient (Wildman–Crippen LogP) is 9.78. The summed E-state index contributed by atoms with van der Waals surface area (Å²) in [4.78, 5) is 6.59. The van der Waals surface area contributed by atoms with E-state index in [0.717, 1.165) is 39.0 Å². The highest BCUT2D eigenvalue weighted by molar-refractivity contribution is 6.13. The molecule has 2 aromatic heterocycles. The zero-order chi connectivity index (χ0) is 25.3. The van der Waals surface area contributed by atoms with Gasteiger partial charge in [-0.25, -0.2) is 0 Å². The number of anilines is 3. The third kappa shape index (κ3) is 3.91. The molecule has 180 valence electrons. The quantitative estimate of drug-likeness (QED) is 0.241. The molecule has 7 aromatic rings. The van der Waals surface area contributed by atoms with Crippen molar-refractivity contribution in [3.05, 3.63) is 146 Å². The number of nitrogens with zero attached hydrogens (tertiary/aromatic N) is 2. The van der Waals surface area contributed by atoms with Gasteiger partial charge in [0, 0.05) is 23.0 Å². The molecule has 0 aliphatic heterocycles. The molecule has 38 heavy (non-hydrogen) atoms. The summed E-state index contributed by atoms with van der Waals surface area (Å²) in [5.74, 6) is 0. The molecule has 5 aromatic carbocycles. The molecule has 2 heterocycles. The molecule has 3 nitrogen and oxygen atoms in total. The topological polar surface area (TPSA) is 29.3 Å². The van der Waals surface area contributed by atoms with Crippen molar-refractivity contribution in [2.24, 2.45) is 0 Å². The first kappa shape index (κ1) is 22.1. The molecule has 0 amide bonds. The van der Waals surface area contributed by atoms with E-state index < -0.39 is 0 Å². The standard InChI is InChI=1S/C35H24N2O/c1-3-9-25(10-4-1)27-17-19-29(20-18-27)37(30-14-7-13-28(23-30)26-11-5-2-6-12-26)32-15-8-16-33-35(32)31-21-22-36-24-34(31)38-33/h1-24H. The lowest BCUT2D eigenvalue weighted by atomic mass is 10.0. The molecule has 0 spiro atoms. The molecule has 0 saturated carbocycles. The molecule has 0 fully saturated rings. The number of furan rings is 1. The van der Waals surface area contributed by atoms with Gasteiger partial charge in [0.2, 0.25) is 0 Å². The van der Waals surface area contributed by atoms with Crippen molar-refractivity contribution in [3.63, 3.8) is 0 Å². The predicted molar refractivity (Wildman–Crippen MR) is 157 cm³/mol. The summed E-state index contributed by atoms with van der Waals surface area (Å²) in [7, 11) is 0. The van der Waals surface area contributed by atoms with Crippen molar-refractivity contribution in [2.45, 2.75) is 0 Å². The van der Waals surface area contributed by atoms with E-state index in [9.17, 15) is 0 Å². The number of hydrogen-bond donors (Lipinski definition) is 0. The Hall–Kier alpha value is -5.15. The van der Waals surface area contributed by atoms with Crippen LogP contribution in [0.15, 0.2) is 150 Å². The van der Waals surface area contributed by atoms with Gasteiger partial charge in [-0.05, 0) is 64.7 Å². The number of aromatic nitrogens is 1. The fourth-order valence-corrected chi connectivity index (χ4v) is 5.16. The Kier molecular flexibility index (Phi) is 5.45. The third-order valence-corrected chi connectivity index (χ3v) is 6.96. The maximum absolute atomic E-state index is 6.20. The minimum Gasteiger partial charge on any atom is -0.454 e. The number of fused-ring (bicyclic) bond motifs is 3. The Morgan fingerprint density at radius 2 is 1.16 bits per heavy atom. The van der Waals surface area contributed by atoms with Gasteiger partial charge in [-0.1, -0.05) is 91.0 Å². The molecule has 3 heteroatoms. The van der Waals surface area contributed by atoms with Gasteiger partial charge in [-0.15, -0.1) is 0 Å². The highest BCUT2D eigenvalue weighted by Gasteiger charge is 2.19. The van der Waals surface area contributed by atoms with Gasteiger partial charge in [-0.2, -0.15) is 0 Å². The van der Waals surface area contributed by atoms with Crippen LogP contribution in [-0.2, 0) is 0 Å². The molecule has 0 radical (unpaired) electrons. The molecule has 0 saturated heterocycles. The van der Waals surface area contributed by atoms with E-state index in [1.807, 2.05) is 30.5 Å². The van der Waals surface area contributed by atoms with Gasteiger partial charge in [0.25, 0.3) is 0 Å². The molecule has 0 unspecified atom stereocenters. The fourth-order valence-electron chi connectivity index (χ4n) is 5.16. The van der Waals surface area contributed by atoms with Crippen LogP contribution in [0.1, 0.15) is 0 Å². The molecular formula is C35H24N2O. The van der Waals surface area contributed by atoms with Crippen LogP contribution >= 0.6 is 0 Å². The lowest BCUT2D eigenvalue weighted by Gasteiger charge is -2.27. The lowest BCUT2D eigenvalue weighted by molar-refractivity contribution is 0.667. The second kappa shape index (κ2) is 9.38. The maximum Gasteiger partial charge on any atom is 0.153 e. The zero-order valence-corrected chi connectivity index (χ0v) is 20.7. The lowest BCUT2D eigenvalue weighted by Crippen LogP contribution is -2.10. The molecule has 0 N–H and O–H groups in total. The summed E-state index contributed by atoms with van der Waals surface area (Å²) < 4.78 is 6.20. The molecule has 0 bridgehead atoms. The van der Waals surface area contributed by atoms with Gasteiger partial charge < -0.3 is 9.32 Å². The van der Waals surface area contributed by atoms with Gasteiger partial charge >= 0.3 is 0 Å². The van der Waals surface area contributed by atoms with Crippen LogP contribution in [0, 0.1) is 0 Å². The SMILES string of the molecule is c1ccc(-c2ccc(N(c3cccc(-c4ccccc4)c3)c3cccc4oc5cnccc5c34)cc2)cc1. The van der Waals surface area contributed by atoms with Crippen LogP contribution in [-0.4, -0.2) is 4.98 Å². The van der Waals surface area contributed by atoms with Crippen molar-refractivity contribution >= 4 is 39.0 Å². The zero-order valence-electron chi connectivity index (χ0n) is 20.7. The molecular weight excluding hydrogens is 464 g/mol. The third-order valence-electron chi connectivity index (χ3n) is 6.96. The molecule has 7 rings (SSSR count). The highest BCUT2D eigenvalue weighted by Crippen LogP contribution is 2.43. The highest BCUT2D eigenvalue weighted by atomic mass is 16.3. The summed E-state index contributed by atoms with van der Waals surface area (Å²) in [6.45, 7) is 0. The minimum atomic E-state index is 0.785. The summed E-state index contributed by atoms with van der Waals surface area (Å²) >= 11 is 0. The first-order valence-corrected chi connectivity index (χ1v) is 12.7. The van der Waals surface area contributed by atoms with Crippen molar-refractivity contribution in [1.29, 1.82) is 0 Å². The average molecular weight is 489 g/mol. The number of rotatable bonds is 5. The van der Waals surface area contributed by atoms with Crippen LogP contribution in [0.2, 0.25) is 0 Å². The Balaban J connectivity index is 1.44. The van der Waals surface area contributed by atoms with Crippen molar-refractivity contribution < 1.29 is 4.42 Å². The normalized spacial score (nSPS) is 11.2. The van der Waals surface area contributed by atoms with Gasteiger partial charge in [0.1, 0.15) is 5.58 Å². The van der Waals surface area contributed by atoms with Gasteiger partial charge in [-0.3, -0.25) is 4.98 Å². The summed E-state index contributed by atoms with van der Waals surface area (Å²) in [5.41, 5.74) is 9.58. The first-order chi connectivity index (χ1) is 18.8. The van der Waals surface area contributed by atoms with E-state index in [-0.39, 0.29) is 0 Å². The monoisotopic (exact) mass is 488 g/mol. The average Bonchev–Trinajstić information content (AvgIpc) is 3.38. The first-order valence-electron chi connectivity index (χ1n) is 12.7. The second-order valence-corrected chi connectivity index (χ2v) is 9.29. The Labute approximate surface area is 221 Å². The Morgan fingerprint density at radius 1 is 0.500 bits per heavy atom. The van der Waals surface area contributed by atoms with Crippen LogP contribution in [0.25, 0.3) is 44.2 Å². The molecule has 0 aliphatic carbocycles. The smallest absolute Gasteiger partial charge is 0.153 e. The second-order valence-electron chi connectivity index (χ2n) is 9.29. The largest absolute Gasteiger partial charge is 0.454 e. The Morgan fingerprint density at radius 3 is 1.92 bits per heavy atom. The van der Waals surface area contributed by atoms with Crippen molar-refractivity contribution in [1.82, 2.24) is 4.98 Å². The van der Waals surface area contributed by atoms with Crippen molar-refractivity contribution in [2.75, 3.05) is 4.90 Å². The van der Waals surface area contributed by atoms with Crippen LogP contribution in [0.5, 0.6) is 0 Å². The van der Waals surface area contributed by atoms with E-state index in [1.54, 1.807) is 6.20 Å². The maximum atomic E-state index is 6.20. The number of hydrogen-bond acceptors (Lipinski definition) is 3. The van der Waals surface area contributed by atoms with Crippen LogP contribution < -0.4 is 4.90 Å². The van der Waals surface area contributed by atoms with E-state index in [1.165, 1.54) is 22.3 Å². The number of benzene rings is 5. The summed E-state index contributed by atoms with van der Waals surface area (Å²) in [6, 6.07) is 46.7. The van der Waals surface area contributed by atoms with Crippen LogP contribution in [0.4, 0.5) is 17.1 Å². The van der Waals surface area contributed by atoms with E-state index >= 15 is 0 Å². The summed E-state index contributed by atoms with van der Waals surface area (Å²) in [6.07, 6.45) is 3.61. The summed E-state index contributed by atoms with van der Waals surface area (Å²) in [5, 5.41) is 2.12.